The SMILES string of the molecule is CC(F)CN1C(=O)CC[C@H]1C(=O)NCc1cccc(C(F)(F)F)c1Cl. The van der Waals surface area contributed by atoms with E-state index in [1.54, 1.807) is 0 Å². The summed E-state index contributed by atoms with van der Waals surface area (Å²) in [6.07, 6.45) is -5.50. The molecular formula is C16H17ClF4N2O2. The molecule has 0 aliphatic carbocycles. The Labute approximate surface area is 147 Å². The lowest BCUT2D eigenvalue weighted by Gasteiger charge is -2.24. The third-order valence-corrected chi connectivity index (χ3v) is 4.36. The zero-order chi connectivity index (χ0) is 18.8. The smallest absolute Gasteiger partial charge is 0.350 e. The van der Waals surface area contributed by atoms with Gasteiger partial charge < -0.3 is 10.2 Å². The van der Waals surface area contributed by atoms with Crippen LogP contribution in [-0.4, -0.2) is 35.5 Å². The van der Waals surface area contributed by atoms with Gasteiger partial charge >= 0.3 is 6.18 Å². The first-order valence-electron chi connectivity index (χ1n) is 7.67. The number of alkyl halides is 4. The van der Waals surface area contributed by atoms with E-state index >= 15 is 0 Å². The molecule has 138 valence electrons. The van der Waals surface area contributed by atoms with Crippen LogP contribution in [0.3, 0.4) is 0 Å². The summed E-state index contributed by atoms with van der Waals surface area (Å²) in [5.74, 6) is -0.860. The van der Waals surface area contributed by atoms with E-state index in [9.17, 15) is 27.2 Å². The first-order chi connectivity index (χ1) is 11.6. The second kappa shape index (κ2) is 7.59. The predicted molar refractivity (Wildman–Crippen MR) is 83.6 cm³/mol. The summed E-state index contributed by atoms with van der Waals surface area (Å²) >= 11 is 5.77. The number of hydrogen-bond acceptors (Lipinski definition) is 2. The monoisotopic (exact) mass is 380 g/mol. The van der Waals surface area contributed by atoms with Crippen molar-refractivity contribution in [2.24, 2.45) is 0 Å². The van der Waals surface area contributed by atoms with Gasteiger partial charge in [-0.15, -0.1) is 0 Å². The summed E-state index contributed by atoms with van der Waals surface area (Å²) in [6, 6.07) is 2.61. The summed E-state index contributed by atoms with van der Waals surface area (Å²) in [7, 11) is 0. The van der Waals surface area contributed by atoms with Gasteiger partial charge in [0.1, 0.15) is 12.2 Å². The molecule has 1 aromatic carbocycles. The number of likely N-dealkylation sites (tertiary alicyclic amines) is 1. The predicted octanol–water partition coefficient (Wildman–Crippen LogP) is 3.32. The van der Waals surface area contributed by atoms with Crippen molar-refractivity contribution in [2.45, 2.75) is 44.7 Å². The van der Waals surface area contributed by atoms with Gasteiger partial charge in [0.05, 0.1) is 17.1 Å². The molecule has 0 saturated carbocycles. The molecule has 1 aliphatic rings. The minimum absolute atomic E-state index is 0.111. The summed E-state index contributed by atoms with van der Waals surface area (Å²) in [4.78, 5) is 25.2. The minimum atomic E-state index is -4.59. The molecule has 0 bridgehead atoms. The molecule has 1 aliphatic heterocycles. The summed E-state index contributed by atoms with van der Waals surface area (Å²) in [5.41, 5.74) is -0.871. The van der Waals surface area contributed by atoms with E-state index in [0.29, 0.717) is 0 Å². The number of amides is 2. The topological polar surface area (TPSA) is 49.4 Å². The molecule has 1 aromatic rings. The quantitative estimate of drug-likeness (QED) is 0.797. The van der Waals surface area contributed by atoms with Crippen molar-refractivity contribution < 1.29 is 27.2 Å². The van der Waals surface area contributed by atoms with Crippen LogP contribution in [0.5, 0.6) is 0 Å². The zero-order valence-corrected chi connectivity index (χ0v) is 14.1. The lowest BCUT2D eigenvalue weighted by atomic mass is 10.1. The molecule has 2 amide bonds. The maximum Gasteiger partial charge on any atom is 0.417 e. The highest BCUT2D eigenvalue weighted by molar-refractivity contribution is 6.32. The Morgan fingerprint density at radius 3 is 2.72 bits per heavy atom. The van der Waals surface area contributed by atoms with Crippen molar-refractivity contribution in [2.75, 3.05) is 6.54 Å². The number of carbonyl (C=O) groups is 2. The van der Waals surface area contributed by atoms with E-state index in [1.165, 1.54) is 19.1 Å². The van der Waals surface area contributed by atoms with Crippen LogP contribution in [0.25, 0.3) is 0 Å². The van der Waals surface area contributed by atoms with Gasteiger partial charge in [0.25, 0.3) is 0 Å². The van der Waals surface area contributed by atoms with E-state index < -0.39 is 34.9 Å². The normalized spacial score (nSPS) is 19.2. The molecule has 0 radical (unpaired) electrons. The number of halogens is 5. The van der Waals surface area contributed by atoms with Gasteiger partial charge in [-0.1, -0.05) is 23.7 Å². The van der Waals surface area contributed by atoms with Crippen molar-refractivity contribution in [3.63, 3.8) is 0 Å². The van der Waals surface area contributed by atoms with Crippen molar-refractivity contribution in [3.05, 3.63) is 34.3 Å². The maximum atomic E-state index is 13.2. The van der Waals surface area contributed by atoms with E-state index in [2.05, 4.69) is 5.32 Å². The second-order valence-corrected chi connectivity index (χ2v) is 6.25. The molecular weight excluding hydrogens is 364 g/mol. The number of rotatable bonds is 5. The van der Waals surface area contributed by atoms with E-state index in [1.807, 2.05) is 0 Å². The molecule has 1 saturated heterocycles. The molecule has 1 N–H and O–H groups in total. The molecule has 2 atom stereocenters. The zero-order valence-electron chi connectivity index (χ0n) is 13.4. The fraction of sp³-hybridized carbons (Fsp3) is 0.500. The van der Waals surface area contributed by atoms with Gasteiger partial charge in [0.15, 0.2) is 0 Å². The first-order valence-corrected chi connectivity index (χ1v) is 8.05. The molecule has 25 heavy (non-hydrogen) atoms. The van der Waals surface area contributed by atoms with Crippen LogP contribution >= 0.6 is 11.6 Å². The summed E-state index contributed by atoms with van der Waals surface area (Å²) < 4.78 is 51.7. The van der Waals surface area contributed by atoms with Gasteiger partial charge in [-0.3, -0.25) is 9.59 Å². The number of carbonyl (C=O) groups excluding carboxylic acids is 2. The summed E-state index contributed by atoms with van der Waals surface area (Å²) in [6.45, 7) is 0.871. The Kier molecular flexibility index (Phi) is 5.92. The van der Waals surface area contributed by atoms with Gasteiger partial charge in [0, 0.05) is 13.0 Å². The highest BCUT2D eigenvalue weighted by atomic mass is 35.5. The largest absolute Gasteiger partial charge is 0.417 e. The van der Waals surface area contributed by atoms with Gasteiger partial charge in [-0.05, 0) is 25.0 Å². The Bertz CT molecular complexity index is 664. The van der Waals surface area contributed by atoms with Gasteiger partial charge in [-0.2, -0.15) is 13.2 Å². The highest BCUT2D eigenvalue weighted by Gasteiger charge is 2.37. The van der Waals surface area contributed by atoms with Crippen LogP contribution in [0.2, 0.25) is 5.02 Å². The van der Waals surface area contributed by atoms with E-state index in [4.69, 9.17) is 11.6 Å². The minimum Gasteiger partial charge on any atom is -0.350 e. The summed E-state index contributed by atoms with van der Waals surface area (Å²) in [5, 5.41) is 2.00. The third-order valence-electron chi connectivity index (χ3n) is 3.92. The average Bonchev–Trinajstić information content (AvgIpc) is 2.85. The van der Waals surface area contributed by atoms with Crippen molar-refractivity contribution in [1.29, 1.82) is 0 Å². The van der Waals surface area contributed by atoms with Gasteiger partial charge in [0.2, 0.25) is 11.8 Å². The second-order valence-electron chi connectivity index (χ2n) is 5.88. The average molecular weight is 381 g/mol. The highest BCUT2D eigenvalue weighted by Crippen LogP contribution is 2.36. The lowest BCUT2D eigenvalue weighted by molar-refractivity contribution is -0.137. The number of nitrogens with zero attached hydrogens (tertiary/aromatic N) is 1. The van der Waals surface area contributed by atoms with Crippen molar-refractivity contribution in [3.8, 4) is 0 Å². The van der Waals surface area contributed by atoms with Crippen LogP contribution in [-0.2, 0) is 22.3 Å². The molecule has 9 heteroatoms. The van der Waals surface area contributed by atoms with Crippen LogP contribution in [0.1, 0.15) is 30.9 Å². The van der Waals surface area contributed by atoms with E-state index in [-0.39, 0.29) is 37.4 Å². The van der Waals surface area contributed by atoms with E-state index in [0.717, 1.165) is 11.0 Å². The molecule has 2 rings (SSSR count). The molecule has 1 unspecified atom stereocenters. The lowest BCUT2D eigenvalue weighted by Crippen LogP contribution is -2.46. The fourth-order valence-electron chi connectivity index (χ4n) is 2.74. The standard InChI is InChI=1S/C16H17ClF4N2O2/c1-9(18)8-23-12(5-6-13(23)24)15(25)22-7-10-3-2-4-11(14(10)17)16(19,20)21/h2-4,9,12H,5-8H2,1H3,(H,22,25)/t9?,12-/m0/s1. The molecule has 1 heterocycles. The number of nitrogens with one attached hydrogen (secondary N) is 1. The van der Waals surface area contributed by atoms with Crippen LogP contribution in [0, 0.1) is 0 Å². The third kappa shape index (κ3) is 4.62. The van der Waals surface area contributed by atoms with Crippen LogP contribution < -0.4 is 5.32 Å². The first kappa shape index (κ1) is 19.5. The molecule has 0 aromatic heterocycles. The molecule has 4 nitrogen and oxygen atoms in total. The fourth-order valence-corrected chi connectivity index (χ4v) is 3.04. The number of benzene rings is 1. The Balaban J connectivity index is 2.06. The van der Waals surface area contributed by atoms with Crippen LogP contribution in [0.15, 0.2) is 18.2 Å². The molecule has 0 spiro atoms. The molecule has 1 fully saturated rings. The Hall–Kier alpha value is -1.83. The van der Waals surface area contributed by atoms with Crippen LogP contribution in [0.4, 0.5) is 17.6 Å². The Morgan fingerprint density at radius 2 is 2.12 bits per heavy atom. The maximum absolute atomic E-state index is 13.2. The van der Waals surface area contributed by atoms with Crippen molar-refractivity contribution >= 4 is 23.4 Å². The Morgan fingerprint density at radius 1 is 1.44 bits per heavy atom. The van der Waals surface area contributed by atoms with Crippen molar-refractivity contribution in [1.82, 2.24) is 10.2 Å². The number of hydrogen-bond donors (Lipinski definition) is 1. The van der Waals surface area contributed by atoms with Gasteiger partial charge in [-0.25, -0.2) is 4.39 Å².